The van der Waals surface area contributed by atoms with Crippen LogP contribution in [0.4, 0.5) is 14.9 Å². The second-order valence-corrected chi connectivity index (χ2v) is 8.25. The molecule has 1 atom stereocenters. The average molecular weight is 439 g/mol. The Morgan fingerprint density at radius 2 is 2.00 bits per heavy atom. The number of benzene rings is 2. The fourth-order valence-corrected chi connectivity index (χ4v) is 4.53. The van der Waals surface area contributed by atoms with Crippen molar-refractivity contribution in [3.8, 4) is 0 Å². The van der Waals surface area contributed by atoms with Crippen LogP contribution in [0.5, 0.6) is 0 Å². The smallest absolute Gasteiger partial charge is 0.323 e. The van der Waals surface area contributed by atoms with Crippen molar-refractivity contribution in [2.45, 2.75) is 25.1 Å². The summed E-state index contributed by atoms with van der Waals surface area (Å²) in [4.78, 5) is 39.8. The van der Waals surface area contributed by atoms with Gasteiger partial charge in [-0.2, -0.15) is 14.3 Å². The molecule has 1 N–H and O–H groups in total. The molecule has 4 amide bonds. The predicted molar refractivity (Wildman–Crippen MR) is 117 cm³/mol. The Morgan fingerprint density at radius 1 is 1.19 bits per heavy atom. The van der Waals surface area contributed by atoms with Gasteiger partial charge in [0.15, 0.2) is 11.8 Å². The third kappa shape index (κ3) is 4.29. The minimum atomic E-state index is -0.635. The Balaban J connectivity index is 1.57. The monoisotopic (exact) mass is 438 g/mol. The number of rotatable bonds is 6. The number of imide groups is 1. The molecule has 0 aliphatic carbocycles. The number of urea groups is 1. The van der Waals surface area contributed by atoms with Crippen molar-refractivity contribution in [2.24, 2.45) is 0 Å². The maximum Gasteiger partial charge on any atom is 0.501 e. The van der Waals surface area contributed by atoms with E-state index in [1.165, 1.54) is 28.5 Å². The van der Waals surface area contributed by atoms with Crippen molar-refractivity contribution >= 4 is 41.0 Å². The first-order valence-electron chi connectivity index (χ1n) is 9.92. The lowest BCUT2D eigenvalue weighted by Gasteiger charge is -2.24. The van der Waals surface area contributed by atoms with E-state index in [0.717, 1.165) is 16.9 Å². The van der Waals surface area contributed by atoms with Gasteiger partial charge in [-0.05, 0) is 41.7 Å². The maximum atomic E-state index is 14.1. The number of amides is 4. The first-order valence-corrected chi connectivity index (χ1v) is 10.9. The molecule has 6 nitrogen and oxygen atoms in total. The van der Waals surface area contributed by atoms with Crippen molar-refractivity contribution in [2.75, 3.05) is 11.9 Å². The van der Waals surface area contributed by atoms with E-state index in [0.29, 0.717) is 11.4 Å². The Bertz CT molecular complexity index is 1130. The molecule has 1 unspecified atom stereocenters. The van der Waals surface area contributed by atoms with E-state index >= 15 is 0 Å². The number of anilines is 1. The lowest BCUT2D eigenvalue weighted by atomic mass is 10.1. The number of allylic oxidation sites excluding steroid dienone is 1. The summed E-state index contributed by atoms with van der Waals surface area (Å²) in [5.41, 5.74) is 2.44. The Morgan fingerprint density at radius 3 is 2.77 bits per heavy atom. The molecule has 0 spiro atoms. The highest BCUT2D eigenvalue weighted by Gasteiger charge is 2.49. The van der Waals surface area contributed by atoms with E-state index in [2.05, 4.69) is 5.32 Å². The number of carbonyl (C=O) groups is 3. The van der Waals surface area contributed by atoms with Crippen molar-refractivity contribution in [1.29, 1.82) is 0 Å². The molecule has 2 aromatic rings. The summed E-state index contributed by atoms with van der Waals surface area (Å²) in [7, 11) is 0. The Labute approximate surface area is 183 Å². The van der Waals surface area contributed by atoms with Crippen LogP contribution < -0.4 is 5.32 Å². The molecule has 0 saturated carbocycles. The molecule has 2 aliphatic heterocycles. The number of aryl methyl sites for hydroxylation is 1. The van der Waals surface area contributed by atoms with Gasteiger partial charge in [-0.3, -0.25) is 4.79 Å². The van der Waals surface area contributed by atoms with Gasteiger partial charge in [-0.1, -0.05) is 37.3 Å². The minimum Gasteiger partial charge on any atom is -0.323 e. The molecule has 158 valence electrons. The van der Waals surface area contributed by atoms with Crippen LogP contribution in [0.15, 0.2) is 60.0 Å². The van der Waals surface area contributed by atoms with Gasteiger partial charge >= 0.3 is 11.9 Å². The molecule has 8 heteroatoms. The predicted octanol–water partition coefficient (Wildman–Crippen LogP) is 3.57. The van der Waals surface area contributed by atoms with Crippen LogP contribution in [0.3, 0.4) is 0 Å². The van der Waals surface area contributed by atoms with E-state index in [1.54, 1.807) is 29.7 Å². The summed E-state index contributed by atoms with van der Waals surface area (Å²) in [5, 5.41) is 3.91. The second kappa shape index (κ2) is 8.85. The molecule has 31 heavy (non-hydrogen) atoms. The van der Waals surface area contributed by atoms with Crippen LogP contribution in [0, 0.1) is 5.82 Å². The highest BCUT2D eigenvalue weighted by molar-refractivity contribution is 8.04. The lowest BCUT2D eigenvalue weighted by Crippen LogP contribution is -2.55. The number of halogens is 1. The normalized spacial score (nSPS) is 17.9. The van der Waals surface area contributed by atoms with Crippen molar-refractivity contribution < 1.29 is 23.3 Å². The summed E-state index contributed by atoms with van der Waals surface area (Å²) in [5.74, 6) is -1.28. The number of hydrogen-bond donors (Lipinski definition) is 1. The van der Waals surface area contributed by atoms with Gasteiger partial charge in [-0.25, -0.2) is 9.18 Å². The largest absolute Gasteiger partial charge is 0.501 e. The van der Waals surface area contributed by atoms with E-state index in [1.807, 2.05) is 25.1 Å². The van der Waals surface area contributed by atoms with Gasteiger partial charge in [-0.15, -0.1) is 11.8 Å². The summed E-state index contributed by atoms with van der Waals surface area (Å²) < 4.78 is 15.4. The van der Waals surface area contributed by atoms with Crippen molar-refractivity contribution in [3.05, 3.63) is 77.0 Å². The second-order valence-electron chi connectivity index (χ2n) is 7.23. The zero-order chi connectivity index (χ0) is 22.0. The minimum absolute atomic E-state index is 0.189. The Hall–Kier alpha value is -3.26. The number of hydrogen-bond acceptors (Lipinski definition) is 4. The number of nitrogens with zero attached hydrogens (tertiary/aromatic N) is 2. The molecular formula is C23H21FN3O3S+. The Kier molecular flexibility index (Phi) is 5.99. The zero-order valence-corrected chi connectivity index (χ0v) is 17.7. The molecule has 0 bridgehead atoms. The van der Waals surface area contributed by atoms with Crippen LogP contribution >= 0.6 is 11.8 Å². The topological polar surface area (TPSA) is 69.5 Å². The first kappa shape index (κ1) is 21.0. The molecule has 2 heterocycles. The van der Waals surface area contributed by atoms with E-state index in [9.17, 15) is 18.8 Å². The standard InChI is InChI=1S/C23H20FN3O3S/c1-2-15-6-5-8-17(12-15)25-20(28)14-26-19-10-11-31-21(19)22(29)27(23(26)30)13-16-7-3-4-9-18(16)24/h3-12,21H,2,13-14H2,1H3/p+1. The summed E-state index contributed by atoms with van der Waals surface area (Å²) >= 11 is 1.27. The highest BCUT2D eigenvalue weighted by atomic mass is 32.2. The maximum absolute atomic E-state index is 14.1. The molecule has 0 radical (unpaired) electrons. The van der Waals surface area contributed by atoms with Gasteiger partial charge in [0.2, 0.25) is 0 Å². The first-order chi connectivity index (χ1) is 15.0. The molecule has 2 aromatic carbocycles. The average Bonchev–Trinajstić information content (AvgIpc) is 3.25. The van der Waals surface area contributed by atoms with Crippen LogP contribution in [0.25, 0.3) is 0 Å². The van der Waals surface area contributed by atoms with E-state index in [-0.39, 0.29) is 24.6 Å². The van der Waals surface area contributed by atoms with Crippen molar-refractivity contribution in [3.63, 3.8) is 0 Å². The van der Waals surface area contributed by atoms with Crippen molar-refractivity contribution in [1.82, 2.24) is 4.90 Å². The number of nitrogens with one attached hydrogen (secondary N) is 1. The molecule has 4 rings (SSSR count). The lowest BCUT2D eigenvalue weighted by molar-refractivity contribution is -0.426. The van der Waals surface area contributed by atoms with E-state index < -0.39 is 23.0 Å². The number of carbonyl (C=O) groups excluding carboxylic acids is 3. The number of thioether (sulfide) groups is 1. The van der Waals surface area contributed by atoms with Crippen LogP contribution in [0.1, 0.15) is 18.1 Å². The van der Waals surface area contributed by atoms with Gasteiger partial charge in [0.1, 0.15) is 18.1 Å². The summed E-state index contributed by atoms with van der Waals surface area (Å²) in [6, 6.07) is 12.9. The number of fused-ring (bicyclic) bond motifs is 1. The molecule has 0 aromatic heterocycles. The molecule has 0 saturated heterocycles. The third-order valence-electron chi connectivity index (χ3n) is 5.19. The fourth-order valence-electron chi connectivity index (χ4n) is 3.57. The zero-order valence-electron chi connectivity index (χ0n) is 16.9. The third-order valence-corrected chi connectivity index (χ3v) is 6.20. The van der Waals surface area contributed by atoms with Gasteiger partial charge in [0.25, 0.3) is 5.91 Å². The fraction of sp³-hybridized carbons (Fsp3) is 0.217. The van der Waals surface area contributed by atoms with Crippen LogP contribution in [0.2, 0.25) is 0 Å². The summed E-state index contributed by atoms with van der Waals surface area (Å²) in [6.45, 7) is 1.59. The molecule has 2 aliphatic rings. The van der Waals surface area contributed by atoms with Gasteiger partial charge < -0.3 is 5.32 Å². The van der Waals surface area contributed by atoms with Gasteiger partial charge in [0, 0.05) is 11.3 Å². The van der Waals surface area contributed by atoms with E-state index in [4.69, 9.17) is 0 Å². The van der Waals surface area contributed by atoms with Gasteiger partial charge in [0.05, 0.1) is 0 Å². The molecule has 0 fully saturated rings. The SMILES string of the molecule is CCc1cccc(NC(=O)C[N+]2=C3C=CSC3C(=O)N(Cc3ccccc3F)C2=O)c1. The van der Waals surface area contributed by atoms with Crippen LogP contribution in [-0.2, 0) is 22.6 Å². The highest BCUT2D eigenvalue weighted by Crippen LogP contribution is 2.29. The molecular weight excluding hydrogens is 417 g/mol. The quantitative estimate of drug-likeness (QED) is 0.700. The summed E-state index contributed by atoms with van der Waals surface area (Å²) in [6.07, 6.45) is 2.51. The van der Waals surface area contributed by atoms with Crippen LogP contribution in [-0.4, -0.2) is 44.8 Å².